The van der Waals surface area contributed by atoms with Crippen LogP contribution in [0.4, 0.5) is 0 Å². The van der Waals surface area contributed by atoms with Gasteiger partial charge < -0.3 is 10.1 Å². The second kappa shape index (κ2) is 5.72. The van der Waals surface area contributed by atoms with Crippen molar-refractivity contribution < 1.29 is 4.74 Å². The number of hydrogen-bond donors (Lipinski definition) is 1. The molecule has 0 aromatic carbocycles. The van der Waals surface area contributed by atoms with Crippen LogP contribution in [-0.2, 0) is 4.74 Å². The first-order valence-corrected chi connectivity index (χ1v) is 5.89. The smallest absolute Gasteiger partial charge is 0.0480 e. The van der Waals surface area contributed by atoms with Gasteiger partial charge in [-0.2, -0.15) is 0 Å². The maximum absolute atomic E-state index is 5.43. The highest BCUT2D eigenvalue weighted by atomic mass is 16.5. The van der Waals surface area contributed by atoms with Gasteiger partial charge in [0.25, 0.3) is 0 Å². The summed E-state index contributed by atoms with van der Waals surface area (Å²) in [5.41, 5.74) is 0.453. The lowest BCUT2D eigenvalue weighted by atomic mass is 9.92. The van der Waals surface area contributed by atoms with Crippen LogP contribution in [0.3, 0.4) is 0 Å². The van der Waals surface area contributed by atoms with E-state index >= 15 is 0 Å². The minimum Gasteiger partial charge on any atom is -0.381 e. The molecule has 0 amide bonds. The zero-order valence-corrected chi connectivity index (χ0v) is 9.94. The monoisotopic (exact) mass is 199 g/mol. The molecule has 0 aromatic rings. The number of ether oxygens (including phenoxy) is 1. The van der Waals surface area contributed by atoms with Crippen molar-refractivity contribution in [3.05, 3.63) is 0 Å². The summed E-state index contributed by atoms with van der Waals surface area (Å²) in [5, 5.41) is 3.64. The fourth-order valence-electron chi connectivity index (χ4n) is 1.76. The molecule has 1 fully saturated rings. The molecule has 14 heavy (non-hydrogen) atoms. The summed E-state index contributed by atoms with van der Waals surface area (Å²) in [7, 11) is 0. The maximum atomic E-state index is 5.43. The van der Waals surface area contributed by atoms with Crippen LogP contribution in [0.2, 0.25) is 0 Å². The van der Waals surface area contributed by atoms with Crippen LogP contribution in [0.15, 0.2) is 0 Å². The SMILES string of the molecule is CC(C)(C)CCNC1CCCOCC1. The Hall–Kier alpha value is -0.0800. The van der Waals surface area contributed by atoms with Crippen LogP contribution in [-0.4, -0.2) is 25.8 Å². The third-order valence-electron chi connectivity index (χ3n) is 2.76. The largest absolute Gasteiger partial charge is 0.381 e. The van der Waals surface area contributed by atoms with Gasteiger partial charge >= 0.3 is 0 Å². The average molecular weight is 199 g/mol. The highest BCUT2D eigenvalue weighted by molar-refractivity contribution is 4.71. The Morgan fingerprint density at radius 3 is 2.71 bits per heavy atom. The number of nitrogens with one attached hydrogen (secondary N) is 1. The fourth-order valence-corrected chi connectivity index (χ4v) is 1.76. The van der Waals surface area contributed by atoms with Crippen LogP contribution >= 0.6 is 0 Å². The Morgan fingerprint density at radius 2 is 2.00 bits per heavy atom. The van der Waals surface area contributed by atoms with Crippen molar-refractivity contribution >= 4 is 0 Å². The van der Waals surface area contributed by atoms with Gasteiger partial charge in [-0.15, -0.1) is 0 Å². The van der Waals surface area contributed by atoms with Crippen molar-refractivity contribution in [1.29, 1.82) is 0 Å². The second-order valence-electron chi connectivity index (χ2n) is 5.50. The highest BCUT2D eigenvalue weighted by Crippen LogP contribution is 2.17. The number of hydrogen-bond acceptors (Lipinski definition) is 2. The minimum atomic E-state index is 0.453. The van der Waals surface area contributed by atoms with E-state index in [0.717, 1.165) is 19.8 Å². The van der Waals surface area contributed by atoms with E-state index in [4.69, 9.17) is 4.74 Å². The van der Waals surface area contributed by atoms with Crippen LogP contribution in [0.25, 0.3) is 0 Å². The maximum Gasteiger partial charge on any atom is 0.0480 e. The van der Waals surface area contributed by atoms with E-state index in [9.17, 15) is 0 Å². The first-order chi connectivity index (χ1) is 6.58. The summed E-state index contributed by atoms with van der Waals surface area (Å²) in [5.74, 6) is 0. The Kier molecular flexibility index (Phi) is 4.90. The minimum absolute atomic E-state index is 0.453. The van der Waals surface area contributed by atoms with Gasteiger partial charge in [0.15, 0.2) is 0 Å². The van der Waals surface area contributed by atoms with Gasteiger partial charge in [-0.25, -0.2) is 0 Å². The first-order valence-electron chi connectivity index (χ1n) is 5.89. The van der Waals surface area contributed by atoms with Crippen LogP contribution in [0, 0.1) is 5.41 Å². The predicted molar refractivity (Wildman–Crippen MR) is 60.5 cm³/mol. The zero-order valence-electron chi connectivity index (χ0n) is 9.94. The Balaban J connectivity index is 2.10. The molecule has 1 heterocycles. The molecule has 1 aliphatic heterocycles. The Labute approximate surface area is 88.4 Å². The van der Waals surface area contributed by atoms with Crippen molar-refractivity contribution in [3.63, 3.8) is 0 Å². The van der Waals surface area contributed by atoms with Gasteiger partial charge in [0, 0.05) is 19.3 Å². The van der Waals surface area contributed by atoms with E-state index < -0.39 is 0 Å². The normalized spacial score (nSPS) is 24.6. The topological polar surface area (TPSA) is 21.3 Å². The van der Waals surface area contributed by atoms with Crippen LogP contribution < -0.4 is 5.32 Å². The van der Waals surface area contributed by atoms with E-state index in [-0.39, 0.29) is 0 Å². The predicted octanol–water partition coefficient (Wildman–Crippen LogP) is 2.58. The van der Waals surface area contributed by atoms with E-state index in [1.807, 2.05) is 0 Å². The molecule has 84 valence electrons. The summed E-state index contributed by atoms with van der Waals surface area (Å²) < 4.78 is 5.43. The van der Waals surface area contributed by atoms with Crippen LogP contribution in [0.1, 0.15) is 46.5 Å². The molecule has 0 aromatic heterocycles. The van der Waals surface area contributed by atoms with Gasteiger partial charge in [0.05, 0.1) is 0 Å². The summed E-state index contributed by atoms with van der Waals surface area (Å²) in [6, 6.07) is 0.694. The molecule has 0 bridgehead atoms. The Bertz CT molecular complexity index is 143. The average Bonchev–Trinajstić information content (AvgIpc) is 2.30. The lowest BCUT2D eigenvalue weighted by molar-refractivity contribution is 0.142. The van der Waals surface area contributed by atoms with E-state index in [0.29, 0.717) is 11.5 Å². The van der Waals surface area contributed by atoms with Gasteiger partial charge in [-0.3, -0.25) is 0 Å². The molecule has 2 heteroatoms. The zero-order chi connectivity index (χ0) is 10.4. The molecule has 0 aliphatic carbocycles. The van der Waals surface area contributed by atoms with Crippen molar-refractivity contribution in [2.45, 2.75) is 52.5 Å². The highest BCUT2D eigenvalue weighted by Gasteiger charge is 2.14. The lowest BCUT2D eigenvalue weighted by Crippen LogP contribution is -2.31. The second-order valence-corrected chi connectivity index (χ2v) is 5.50. The molecule has 1 atom stereocenters. The lowest BCUT2D eigenvalue weighted by Gasteiger charge is -2.21. The van der Waals surface area contributed by atoms with Crippen molar-refractivity contribution in [2.75, 3.05) is 19.8 Å². The van der Waals surface area contributed by atoms with E-state index in [1.54, 1.807) is 0 Å². The molecule has 1 rings (SSSR count). The molecular weight excluding hydrogens is 174 g/mol. The van der Waals surface area contributed by atoms with Gasteiger partial charge in [-0.1, -0.05) is 20.8 Å². The van der Waals surface area contributed by atoms with Crippen molar-refractivity contribution in [2.24, 2.45) is 5.41 Å². The summed E-state index contributed by atoms with van der Waals surface area (Å²) in [4.78, 5) is 0. The molecule has 1 unspecified atom stereocenters. The van der Waals surface area contributed by atoms with Gasteiger partial charge in [0.1, 0.15) is 0 Å². The fraction of sp³-hybridized carbons (Fsp3) is 1.00. The quantitative estimate of drug-likeness (QED) is 0.754. The van der Waals surface area contributed by atoms with Crippen molar-refractivity contribution in [1.82, 2.24) is 5.32 Å². The molecule has 1 N–H and O–H groups in total. The molecule has 1 saturated heterocycles. The first kappa shape index (κ1) is 12.0. The Morgan fingerprint density at radius 1 is 1.21 bits per heavy atom. The molecule has 0 saturated carbocycles. The third kappa shape index (κ3) is 5.61. The van der Waals surface area contributed by atoms with Crippen molar-refractivity contribution in [3.8, 4) is 0 Å². The van der Waals surface area contributed by atoms with E-state index in [2.05, 4.69) is 26.1 Å². The molecule has 0 radical (unpaired) electrons. The summed E-state index contributed by atoms with van der Waals surface area (Å²) >= 11 is 0. The summed E-state index contributed by atoms with van der Waals surface area (Å²) in [6.07, 6.45) is 4.94. The third-order valence-corrected chi connectivity index (χ3v) is 2.76. The standard InChI is InChI=1S/C12H25NO/c1-12(2,3)7-8-13-11-5-4-9-14-10-6-11/h11,13H,4-10H2,1-3H3. The molecule has 0 spiro atoms. The van der Waals surface area contributed by atoms with E-state index in [1.165, 1.54) is 25.7 Å². The molecular formula is C12H25NO. The summed E-state index contributed by atoms with van der Waals surface area (Å²) in [6.45, 7) is 9.93. The molecule has 1 aliphatic rings. The van der Waals surface area contributed by atoms with Gasteiger partial charge in [-0.05, 0) is 37.6 Å². The van der Waals surface area contributed by atoms with Crippen LogP contribution in [0.5, 0.6) is 0 Å². The molecule has 2 nitrogen and oxygen atoms in total. The number of rotatable bonds is 3. The van der Waals surface area contributed by atoms with Gasteiger partial charge in [0.2, 0.25) is 0 Å².